The smallest absolute Gasteiger partial charge is 0.264 e. The molecule has 0 bridgehead atoms. The summed E-state index contributed by atoms with van der Waals surface area (Å²) in [6.07, 6.45) is 2.33. The van der Waals surface area contributed by atoms with E-state index in [9.17, 15) is 19.8 Å². The number of aliphatic hydroxyl groups is 2. The molecule has 11 nitrogen and oxygen atoms in total. The number of hydrogen-bond acceptors (Lipinski definition) is 8. The quantitative estimate of drug-likeness (QED) is 0.196. The Bertz CT molecular complexity index is 1800. The van der Waals surface area contributed by atoms with Gasteiger partial charge < -0.3 is 29.9 Å². The van der Waals surface area contributed by atoms with Gasteiger partial charge in [0.15, 0.2) is 5.60 Å². The fourth-order valence-electron chi connectivity index (χ4n) is 7.29. The normalized spacial score (nSPS) is 22.5. The Morgan fingerprint density at radius 2 is 1.90 bits per heavy atom. The van der Waals surface area contributed by atoms with Crippen molar-refractivity contribution in [3.8, 4) is 5.75 Å². The van der Waals surface area contributed by atoms with E-state index in [1.165, 1.54) is 0 Å². The van der Waals surface area contributed by atoms with Crippen LogP contribution in [-0.4, -0.2) is 62.4 Å². The molecule has 0 aliphatic carbocycles. The summed E-state index contributed by atoms with van der Waals surface area (Å²) >= 11 is 0. The number of fused-ring (bicyclic) bond motifs is 2. The Hall–Kier alpha value is -4.84. The Labute approximate surface area is 279 Å². The van der Waals surface area contributed by atoms with Crippen LogP contribution >= 0.6 is 0 Å². The number of carbonyl (C=O) groups is 2. The summed E-state index contributed by atoms with van der Waals surface area (Å²) < 4.78 is 13.7. The molecule has 1 aromatic heterocycles. The molecule has 1 spiro atoms. The third kappa shape index (κ3) is 5.89. The number of nitrogens with one attached hydrogen (secondary N) is 1. The highest BCUT2D eigenvalue weighted by atomic mass is 16.5. The number of aromatic nitrogens is 3. The van der Waals surface area contributed by atoms with Crippen LogP contribution in [0.25, 0.3) is 0 Å². The third-order valence-electron chi connectivity index (χ3n) is 9.50. The van der Waals surface area contributed by atoms with E-state index >= 15 is 0 Å². The molecule has 2 aliphatic rings. The van der Waals surface area contributed by atoms with Crippen LogP contribution in [0.2, 0.25) is 0 Å². The minimum Gasteiger partial charge on any atom is -0.497 e. The second kappa shape index (κ2) is 13.0. The van der Waals surface area contributed by atoms with E-state index in [0.717, 1.165) is 0 Å². The summed E-state index contributed by atoms with van der Waals surface area (Å²) in [6.45, 7) is 9.92. The predicted octanol–water partition coefficient (Wildman–Crippen LogP) is 4.86. The molecular weight excluding hydrogens is 610 g/mol. The number of nitrogens with zero attached hydrogens (tertiary/aromatic N) is 4. The number of methoxy groups -OCH3 is 1. The number of amides is 2. The largest absolute Gasteiger partial charge is 0.497 e. The zero-order chi connectivity index (χ0) is 34.2. The minimum atomic E-state index is -1.41. The van der Waals surface area contributed by atoms with Gasteiger partial charge in [-0.15, -0.1) is 11.7 Å². The van der Waals surface area contributed by atoms with Gasteiger partial charge >= 0.3 is 0 Å². The van der Waals surface area contributed by atoms with E-state index in [0.29, 0.717) is 52.5 Å². The Morgan fingerprint density at radius 3 is 2.56 bits per heavy atom. The number of benzene rings is 3. The summed E-state index contributed by atoms with van der Waals surface area (Å²) in [5.41, 5.74) is 0.775. The highest BCUT2D eigenvalue weighted by Crippen LogP contribution is 2.58. The Kier molecular flexibility index (Phi) is 8.95. The van der Waals surface area contributed by atoms with E-state index < -0.39 is 35.2 Å². The third-order valence-corrected chi connectivity index (χ3v) is 9.50. The van der Waals surface area contributed by atoms with Crippen LogP contribution in [0.1, 0.15) is 60.5 Å². The van der Waals surface area contributed by atoms with Gasteiger partial charge in [0, 0.05) is 41.7 Å². The van der Waals surface area contributed by atoms with Crippen molar-refractivity contribution in [3.63, 3.8) is 0 Å². The van der Waals surface area contributed by atoms with Crippen molar-refractivity contribution in [1.82, 2.24) is 15.0 Å². The maximum Gasteiger partial charge on any atom is 0.264 e. The summed E-state index contributed by atoms with van der Waals surface area (Å²) in [5.74, 6) is -0.787. The van der Waals surface area contributed by atoms with Gasteiger partial charge in [0.05, 0.1) is 30.7 Å². The van der Waals surface area contributed by atoms with E-state index in [1.54, 1.807) is 79.2 Å². The summed E-state index contributed by atoms with van der Waals surface area (Å²) in [6, 6.07) is 21.4. The summed E-state index contributed by atoms with van der Waals surface area (Å²) in [7, 11) is 1.56. The average molecular weight is 652 g/mol. The fraction of sp³-hybridized carbons (Fsp3) is 0.351. The lowest BCUT2D eigenvalue weighted by atomic mass is 9.71. The maximum atomic E-state index is 14.4. The van der Waals surface area contributed by atoms with Gasteiger partial charge in [-0.1, -0.05) is 48.5 Å². The number of carbonyl (C=O) groups excluding carboxylic acids is 2. The molecule has 11 heteroatoms. The highest BCUT2D eigenvalue weighted by molar-refractivity contribution is 6.09. The second-order valence-electron chi connectivity index (χ2n) is 13.0. The molecule has 3 heterocycles. The molecule has 0 unspecified atom stereocenters. The topological polar surface area (TPSA) is 139 Å². The van der Waals surface area contributed by atoms with Crippen LogP contribution in [0.3, 0.4) is 0 Å². The highest BCUT2D eigenvalue weighted by Gasteiger charge is 2.65. The molecule has 0 saturated carbocycles. The number of ether oxygens (including phenoxy) is 2. The number of aliphatic hydroxyl groups excluding tert-OH is 1. The van der Waals surface area contributed by atoms with Crippen molar-refractivity contribution in [2.75, 3.05) is 23.9 Å². The molecular formula is C37H41N5O6. The number of hydrogen-bond donors (Lipinski definition) is 3. The lowest BCUT2D eigenvalue weighted by Crippen LogP contribution is -2.46. The van der Waals surface area contributed by atoms with Crippen LogP contribution < -0.4 is 15.0 Å². The molecule has 4 aromatic rings. The summed E-state index contributed by atoms with van der Waals surface area (Å²) in [4.78, 5) is 29.2. The molecule has 2 amide bonds. The molecule has 1 fully saturated rings. The monoisotopic (exact) mass is 651 g/mol. The van der Waals surface area contributed by atoms with Crippen LogP contribution in [-0.2, 0) is 21.7 Å². The van der Waals surface area contributed by atoms with Crippen LogP contribution in [0.4, 0.5) is 11.4 Å². The van der Waals surface area contributed by atoms with Crippen molar-refractivity contribution < 1.29 is 29.3 Å². The zero-order valence-electron chi connectivity index (χ0n) is 27.5. The van der Waals surface area contributed by atoms with Crippen LogP contribution in [0.5, 0.6) is 5.75 Å². The van der Waals surface area contributed by atoms with Gasteiger partial charge in [-0.05, 0) is 68.3 Å². The number of anilines is 2. The standard InChI is InChI=1S/C37H41N5O6/c1-6-19-42-30-17-14-26(38-34(44)25-12-15-27(47-5)16-13-25)21-28(30)37(35(42)45)23(2)32(36(3,4)46)31(48-37)18-20-41-22-29(39-40-41)33(43)24-10-8-7-9-11-24/h6-17,21-23,31-33,43,46H,1,18-20H2,2-5H3,(H,38,44)/t23-,31+,32-,33-,37+/m1/s1. The van der Waals surface area contributed by atoms with Crippen molar-refractivity contribution >= 4 is 23.2 Å². The summed E-state index contributed by atoms with van der Waals surface area (Å²) in [5, 5.41) is 33.7. The number of aryl methyl sites for hydroxylation is 1. The molecule has 5 atom stereocenters. The van der Waals surface area contributed by atoms with Crippen molar-refractivity contribution in [1.29, 1.82) is 0 Å². The maximum absolute atomic E-state index is 14.4. The Balaban J connectivity index is 1.29. The van der Waals surface area contributed by atoms with Gasteiger partial charge in [0.1, 0.15) is 17.5 Å². The lowest BCUT2D eigenvalue weighted by Gasteiger charge is -2.34. The molecule has 1 saturated heterocycles. The number of rotatable bonds is 11. The van der Waals surface area contributed by atoms with Crippen molar-refractivity contribution in [3.05, 3.63) is 114 Å². The molecule has 250 valence electrons. The van der Waals surface area contributed by atoms with Crippen molar-refractivity contribution in [2.24, 2.45) is 11.8 Å². The van der Waals surface area contributed by atoms with Gasteiger partial charge in [0.25, 0.3) is 11.8 Å². The molecule has 48 heavy (non-hydrogen) atoms. The lowest BCUT2D eigenvalue weighted by molar-refractivity contribution is -0.146. The van der Waals surface area contributed by atoms with Gasteiger partial charge in [-0.2, -0.15) is 0 Å². The first kappa shape index (κ1) is 33.1. The average Bonchev–Trinajstić information content (AvgIpc) is 3.74. The van der Waals surface area contributed by atoms with E-state index in [-0.39, 0.29) is 18.4 Å². The van der Waals surface area contributed by atoms with E-state index in [4.69, 9.17) is 9.47 Å². The molecule has 3 aromatic carbocycles. The van der Waals surface area contributed by atoms with Crippen LogP contribution in [0.15, 0.2) is 91.6 Å². The van der Waals surface area contributed by atoms with Gasteiger partial charge in [-0.3, -0.25) is 14.3 Å². The first-order valence-electron chi connectivity index (χ1n) is 16.0. The van der Waals surface area contributed by atoms with Gasteiger partial charge in [0.2, 0.25) is 0 Å². The van der Waals surface area contributed by atoms with E-state index in [1.807, 2.05) is 43.3 Å². The SMILES string of the molecule is C=CCN1C(=O)[C@@]2(O[C@@H](CCn3cc([C@H](O)c4ccccc4)nn3)[C@H](C(C)(C)O)[C@H]2C)c2cc(NC(=O)c3ccc(OC)cc3)ccc21. The van der Waals surface area contributed by atoms with Crippen LogP contribution in [0, 0.1) is 11.8 Å². The zero-order valence-corrected chi connectivity index (χ0v) is 27.5. The molecule has 0 radical (unpaired) electrons. The van der Waals surface area contributed by atoms with Gasteiger partial charge in [-0.25, -0.2) is 0 Å². The fourth-order valence-corrected chi connectivity index (χ4v) is 7.29. The first-order valence-corrected chi connectivity index (χ1v) is 16.0. The minimum absolute atomic E-state index is 0.241. The molecule has 3 N–H and O–H groups in total. The van der Waals surface area contributed by atoms with Crippen molar-refractivity contribution in [2.45, 2.75) is 57.1 Å². The second-order valence-corrected chi connectivity index (χ2v) is 13.0. The predicted molar refractivity (Wildman–Crippen MR) is 181 cm³/mol. The van der Waals surface area contributed by atoms with E-state index in [2.05, 4.69) is 22.2 Å². The molecule has 6 rings (SSSR count). The first-order chi connectivity index (χ1) is 23.0. The molecule has 2 aliphatic heterocycles. The Morgan fingerprint density at radius 1 is 1.17 bits per heavy atom.